The topological polar surface area (TPSA) is 70.7 Å². The Kier molecular flexibility index (Phi) is 3.91. The fourth-order valence-corrected chi connectivity index (χ4v) is 2.17. The molecular formula is C11H18N4O. The fraction of sp³-hybridized carbons (Fsp3) is 0.727. The van der Waals surface area contributed by atoms with Crippen molar-refractivity contribution >= 4 is 5.95 Å². The summed E-state index contributed by atoms with van der Waals surface area (Å²) in [6.45, 7) is 0. The lowest BCUT2D eigenvalue weighted by molar-refractivity contribution is 0.469. The molecule has 0 amide bonds. The molecule has 2 rings (SSSR count). The van der Waals surface area contributed by atoms with Crippen molar-refractivity contribution in [1.29, 1.82) is 0 Å². The zero-order valence-electron chi connectivity index (χ0n) is 9.41. The van der Waals surface area contributed by atoms with E-state index in [1.165, 1.54) is 38.3 Å². The molecular weight excluding hydrogens is 204 g/mol. The molecule has 0 bridgehead atoms. The molecule has 1 aliphatic carbocycles. The molecule has 5 heteroatoms. The second kappa shape index (κ2) is 5.63. The van der Waals surface area contributed by atoms with Gasteiger partial charge in [0, 0.05) is 6.04 Å². The number of nitrogens with zero attached hydrogens (tertiary/aromatic N) is 2. The summed E-state index contributed by atoms with van der Waals surface area (Å²) in [7, 11) is 0. The molecule has 0 saturated heterocycles. The first-order valence-electron chi connectivity index (χ1n) is 6.03. The minimum absolute atomic E-state index is 0.205. The Morgan fingerprint density at radius 1 is 1.19 bits per heavy atom. The van der Waals surface area contributed by atoms with E-state index >= 15 is 0 Å². The van der Waals surface area contributed by atoms with Gasteiger partial charge in [-0.1, -0.05) is 32.1 Å². The van der Waals surface area contributed by atoms with Crippen LogP contribution in [0.15, 0.2) is 11.0 Å². The van der Waals surface area contributed by atoms with Gasteiger partial charge in [-0.3, -0.25) is 9.78 Å². The Labute approximate surface area is 94.7 Å². The number of hydrogen-bond acceptors (Lipinski definition) is 4. The summed E-state index contributed by atoms with van der Waals surface area (Å²) in [6, 6.07) is 0.424. The molecule has 0 atom stereocenters. The van der Waals surface area contributed by atoms with Crippen LogP contribution in [0.4, 0.5) is 5.95 Å². The standard InChI is InChI=1S/C11H18N4O/c16-10-8-12-15-11(14-10)13-9-6-4-2-1-3-5-7-9/h8-9H,1-7H2,(H2,13,14,15,16). The molecule has 88 valence electrons. The van der Waals surface area contributed by atoms with E-state index in [4.69, 9.17) is 0 Å². The van der Waals surface area contributed by atoms with Crippen LogP contribution in [0.25, 0.3) is 0 Å². The Hall–Kier alpha value is -1.39. The van der Waals surface area contributed by atoms with Crippen molar-refractivity contribution < 1.29 is 0 Å². The normalized spacial score (nSPS) is 18.8. The van der Waals surface area contributed by atoms with E-state index < -0.39 is 0 Å². The van der Waals surface area contributed by atoms with Crippen molar-refractivity contribution in [3.8, 4) is 0 Å². The molecule has 0 aliphatic heterocycles. The smallest absolute Gasteiger partial charge is 0.271 e. The summed E-state index contributed by atoms with van der Waals surface area (Å²) >= 11 is 0. The van der Waals surface area contributed by atoms with E-state index in [0.29, 0.717) is 12.0 Å². The third kappa shape index (κ3) is 3.32. The molecule has 1 saturated carbocycles. The molecule has 0 unspecified atom stereocenters. The number of rotatable bonds is 2. The SMILES string of the molecule is O=c1cnnc(NC2CCCCCCC2)[nH]1. The van der Waals surface area contributed by atoms with Gasteiger partial charge in [0.2, 0.25) is 5.95 Å². The lowest BCUT2D eigenvalue weighted by Gasteiger charge is -2.20. The van der Waals surface area contributed by atoms with Gasteiger partial charge in [0.05, 0.1) is 0 Å². The third-order valence-corrected chi connectivity index (χ3v) is 3.02. The largest absolute Gasteiger partial charge is 0.352 e. The number of aromatic nitrogens is 3. The van der Waals surface area contributed by atoms with Crippen LogP contribution in [0.5, 0.6) is 0 Å². The van der Waals surface area contributed by atoms with Gasteiger partial charge in [0.1, 0.15) is 6.20 Å². The van der Waals surface area contributed by atoms with E-state index in [0.717, 1.165) is 12.8 Å². The van der Waals surface area contributed by atoms with Crippen LogP contribution in [-0.4, -0.2) is 21.2 Å². The van der Waals surface area contributed by atoms with Gasteiger partial charge in [-0.2, -0.15) is 0 Å². The second-order valence-corrected chi connectivity index (χ2v) is 4.37. The Morgan fingerprint density at radius 2 is 1.88 bits per heavy atom. The highest BCUT2D eigenvalue weighted by Gasteiger charge is 2.11. The molecule has 1 fully saturated rings. The van der Waals surface area contributed by atoms with E-state index in [-0.39, 0.29) is 5.56 Å². The van der Waals surface area contributed by atoms with Crippen LogP contribution in [0.1, 0.15) is 44.9 Å². The van der Waals surface area contributed by atoms with Crippen molar-refractivity contribution in [3.05, 3.63) is 16.6 Å². The Morgan fingerprint density at radius 3 is 2.56 bits per heavy atom. The number of H-pyrrole nitrogens is 1. The monoisotopic (exact) mass is 222 g/mol. The summed E-state index contributed by atoms with van der Waals surface area (Å²) < 4.78 is 0. The lowest BCUT2D eigenvalue weighted by Crippen LogP contribution is -2.24. The highest BCUT2D eigenvalue weighted by molar-refractivity contribution is 5.22. The van der Waals surface area contributed by atoms with E-state index in [1.54, 1.807) is 0 Å². The van der Waals surface area contributed by atoms with Crippen LogP contribution >= 0.6 is 0 Å². The zero-order chi connectivity index (χ0) is 11.2. The first-order valence-corrected chi connectivity index (χ1v) is 6.03. The molecule has 16 heavy (non-hydrogen) atoms. The summed E-state index contributed by atoms with van der Waals surface area (Å²) in [5.41, 5.74) is -0.205. The molecule has 5 nitrogen and oxygen atoms in total. The number of aromatic amines is 1. The van der Waals surface area contributed by atoms with Gasteiger partial charge in [-0.05, 0) is 12.8 Å². The molecule has 0 radical (unpaired) electrons. The maximum absolute atomic E-state index is 11.1. The van der Waals surface area contributed by atoms with Crippen molar-refractivity contribution in [1.82, 2.24) is 15.2 Å². The molecule has 0 aromatic carbocycles. The van der Waals surface area contributed by atoms with E-state index in [2.05, 4.69) is 20.5 Å². The molecule has 1 heterocycles. The average Bonchev–Trinajstić information content (AvgIpc) is 2.22. The predicted octanol–water partition coefficient (Wildman–Crippen LogP) is 1.69. The van der Waals surface area contributed by atoms with Gasteiger partial charge < -0.3 is 5.32 Å². The highest BCUT2D eigenvalue weighted by atomic mass is 16.1. The molecule has 1 aliphatic rings. The van der Waals surface area contributed by atoms with Crippen LogP contribution in [0.2, 0.25) is 0 Å². The summed E-state index contributed by atoms with van der Waals surface area (Å²) in [4.78, 5) is 13.7. The third-order valence-electron chi connectivity index (χ3n) is 3.02. The molecule has 0 spiro atoms. The summed E-state index contributed by atoms with van der Waals surface area (Å²) in [6.07, 6.45) is 9.98. The highest BCUT2D eigenvalue weighted by Crippen LogP contribution is 2.18. The predicted molar refractivity (Wildman–Crippen MR) is 62.4 cm³/mol. The van der Waals surface area contributed by atoms with Crippen LogP contribution in [0, 0.1) is 0 Å². The first-order chi connectivity index (χ1) is 7.84. The van der Waals surface area contributed by atoms with E-state index in [9.17, 15) is 4.79 Å². The minimum atomic E-state index is -0.205. The van der Waals surface area contributed by atoms with Crippen LogP contribution < -0.4 is 10.9 Å². The molecule has 1 aromatic heterocycles. The number of nitrogens with one attached hydrogen (secondary N) is 2. The van der Waals surface area contributed by atoms with Gasteiger partial charge in [-0.15, -0.1) is 10.2 Å². The lowest BCUT2D eigenvalue weighted by atomic mass is 9.97. The molecule has 2 N–H and O–H groups in total. The summed E-state index contributed by atoms with van der Waals surface area (Å²) in [5, 5.41) is 10.8. The number of anilines is 1. The van der Waals surface area contributed by atoms with E-state index in [1.807, 2.05) is 0 Å². The summed E-state index contributed by atoms with van der Waals surface area (Å²) in [5.74, 6) is 0.498. The number of hydrogen-bond donors (Lipinski definition) is 2. The molecule has 1 aromatic rings. The fourth-order valence-electron chi connectivity index (χ4n) is 2.17. The quantitative estimate of drug-likeness (QED) is 0.798. The van der Waals surface area contributed by atoms with Crippen molar-refractivity contribution in [3.63, 3.8) is 0 Å². The van der Waals surface area contributed by atoms with Crippen LogP contribution in [-0.2, 0) is 0 Å². The maximum atomic E-state index is 11.1. The van der Waals surface area contributed by atoms with Crippen molar-refractivity contribution in [2.45, 2.75) is 51.0 Å². The first kappa shape index (κ1) is 11.1. The maximum Gasteiger partial charge on any atom is 0.271 e. The average molecular weight is 222 g/mol. The van der Waals surface area contributed by atoms with Crippen molar-refractivity contribution in [2.24, 2.45) is 0 Å². The second-order valence-electron chi connectivity index (χ2n) is 4.37. The van der Waals surface area contributed by atoms with Gasteiger partial charge in [0.25, 0.3) is 5.56 Å². The van der Waals surface area contributed by atoms with Gasteiger partial charge >= 0.3 is 0 Å². The van der Waals surface area contributed by atoms with Gasteiger partial charge in [0.15, 0.2) is 0 Å². The van der Waals surface area contributed by atoms with Gasteiger partial charge in [-0.25, -0.2) is 0 Å². The van der Waals surface area contributed by atoms with Crippen LogP contribution in [0.3, 0.4) is 0 Å². The van der Waals surface area contributed by atoms with Crippen molar-refractivity contribution in [2.75, 3.05) is 5.32 Å². The zero-order valence-corrected chi connectivity index (χ0v) is 9.41. The Bertz CT molecular complexity index is 368. The Balaban J connectivity index is 1.94. The minimum Gasteiger partial charge on any atom is -0.352 e.